The smallest absolute Gasteiger partial charge is 0.253 e. The van der Waals surface area contributed by atoms with Crippen LogP contribution in [0.1, 0.15) is 22.8 Å². The maximum absolute atomic E-state index is 12.2. The summed E-state index contributed by atoms with van der Waals surface area (Å²) in [4.78, 5) is 24.1. The van der Waals surface area contributed by atoms with Gasteiger partial charge in [0, 0.05) is 13.0 Å². The molecule has 6 heteroatoms. The van der Waals surface area contributed by atoms with Crippen LogP contribution in [0.4, 0.5) is 5.69 Å². The number of amides is 2. The van der Waals surface area contributed by atoms with E-state index in [9.17, 15) is 9.59 Å². The summed E-state index contributed by atoms with van der Waals surface area (Å²) in [5, 5.41) is 8.63. The second-order valence-corrected chi connectivity index (χ2v) is 5.32. The summed E-state index contributed by atoms with van der Waals surface area (Å²) in [6.07, 6.45) is 0. The van der Waals surface area contributed by atoms with Crippen LogP contribution in [0.3, 0.4) is 0 Å². The fourth-order valence-corrected chi connectivity index (χ4v) is 2.21. The van der Waals surface area contributed by atoms with E-state index in [1.54, 1.807) is 19.2 Å². The van der Waals surface area contributed by atoms with Crippen molar-refractivity contribution in [2.75, 3.05) is 25.5 Å². The van der Waals surface area contributed by atoms with E-state index in [-0.39, 0.29) is 30.1 Å². The Labute approximate surface area is 131 Å². The van der Waals surface area contributed by atoms with Gasteiger partial charge in [0.15, 0.2) is 0 Å². The van der Waals surface area contributed by atoms with Crippen LogP contribution < -0.4 is 16.0 Å². The van der Waals surface area contributed by atoms with Crippen LogP contribution in [0.2, 0.25) is 0 Å². The molecule has 21 heavy (non-hydrogen) atoms. The van der Waals surface area contributed by atoms with Crippen molar-refractivity contribution in [1.82, 2.24) is 10.6 Å². The van der Waals surface area contributed by atoms with Crippen molar-refractivity contribution >= 4 is 29.9 Å². The Morgan fingerprint density at radius 3 is 2.52 bits per heavy atom. The number of hydrogen-bond acceptors (Lipinski definition) is 3. The normalized spacial score (nSPS) is 15.4. The van der Waals surface area contributed by atoms with Gasteiger partial charge in [0.1, 0.15) is 0 Å². The standard InChI is InChI=1S/C15H21N3O2.ClH/c1-9-4-5-13(12(6-9)15(20)16-3)18-14(19)10(2)11-7-17-8-11;/h4-6,10-11,17H,7-8H2,1-3H3,(H,16,20)(H,18,19);1H. The lowest BCUT2D eigenvalue weighted by Crippen LogP contribution is -2.48. The molecule has 1 aliphatic rings. The van der Waals surface area contributed by atoms with Crippen molar-refractivity contribution in [1.29, 1.82) is 0 Å². The minimum atomic E-state index is -0.193. The first-order chi connectivity index (χ1) is 9.52. The Bertz CT molecular complexity index is 530. The monoisotopic (exact) mass is 311 g/mol. The van der Waals surface area contributed by atoms with E-state index in [1.165, 1.54) is 0 Å². The first-order valence-electron chi connectivity index (χ1n) is 6.87. The lowest BCUT2D eigenvalue weighted by atomic mass is 9.88. The summed E-state index contributed by atoms with van der Waals surface area (Å²) in [7, 11) is 1.58. The summed E-state index contributed by atoms with van der Waals surface area (Å²) in [6.45, 7) is 5.60. The Balaban J connectivity index is 0.00000220. The second-order valence-electron chi connectivity index (χ2n) is 5.32. The summed E-state index contributed by atoms with van der Waals surface area (Å²) in [5.41, 5.74) is 2.05. The van der Waals surface area contributed by atoms with Gasteiger partial charge in [-0.15, -0.1) is 12.4 Å². The van der Waals surface area contributed by atoms with Crippen LogP contribution in [0.15, 0.2) is 18.2 Å². The largest absolute Gasteiger partial charge is 0.355 e. The van der Waals surface area contributed by atoms with Crippen molar-refractivity contribution in [3.05, 3.63) is 29.3 Å². The summed E-state index contributed by atoms with van der Waals surface area (Å²) < 4.78 is 0. The number of benzene rings is 1. The Morgan fingerprint density at radius 2 is 2.00 bits per heavy atom. The molecular formula is C15H22ClN3O2. The van der Waals surface area contributed by atoms with Gasteiger partial charge < -0.3 is 16.0 Å². The molecule has 1 aliphatic heterocycles. The number of nitrogens with one attached hydrogen (secondary N) is 3. The predicted octanol–water partition coefficient (Wildman–Crippen LogP) is 1.57. The van der Waals surface area contributed by atoms with Crippen molar-refractivity contribution in [2.24, 2.45) is 11.8 Å². The van der Waals surface area contributed by atoms with E-state index in [0.29, 0.717) is 17.2 Å². The SMILES string of the molecule is CNC(=O)c1cc(C)ccc1NC(=O)C(C)C1CNC1.Cl. The van der Waals surface area contributed by atoms with Gasteiger partial charge in [-0.2, -0.15) is 0 Å². The molecule has 1 heterocycles. The third-order valence-corrected chi connectivity index (χ3v) is 3.84. The number of aryl methyl sites for hydroxylation is 1. The number of rotatable bonds is 4. The first-order valence-corrected chi connectivity index (χ1v) is 6.87. The molecule has 0 bridgehead atoms. The van der Waals surface area contributed by atoms with Crippen molar-refractivity contribution < 1.29 is 9.59 Å². The average molecular weight is 312 g/mol. The number of hydrogen-bond donors (Lipinski definition) is 3. The zero-order chi connectivity index (χ0) is 14.7. The van der Waals surface area contributed by atoms with Crippen LogP contribution in [0, 0.1) is 18.8 Å². The van der Waals surface area contributed by atoms with Crippen LogP contribution in [-0.4, -0.2) is 32.0 Å². The lowest BCUT2D eigenvalue weighted by molar-refractivity contribution is -0.121. The van der Waals surface area contributed by atoms with E-state index in [4.69, 9.17) is 0 Å². The quantitative estimate of drug-likeness (QED) is 0.790. The molecule has 1 aromatic rings. The fraction of sp³-hybridized carbons (Fsp3) is 0.467. The van der Waals surface area contributed by atoms with Crippen LogP contribution in [0.25, 0.3) is 0 Å². The molecule has 0 saturated carbocycles. The third-order valence-electron chi connectivity index (χ3n) is 3.84. The maximum atomic E-state index is 12.2. The molecular weight excluding hydrogens is 290 g/mol. The molecule has 3 N–H and O–H groups in total. The number of carbonyl (C=O) groups is 2. The molecule has 1 fully saturated rings. The van der Waals surface area contributed by atoms with Crippen LogP contribution in [0.5, 0.6) is 0 Å². The Morgan fingerprint density at radius 1 is 1.33 bits per heavy atom. The second kappa shape index (κ2) is 7.43. The van der Waals surface area contributed by atoms with Crippen molar-refractivity contribution in [2.45, 2.75) is 13.8 Å². The van der Waals surface area contributed by atoms with Gasteiger partial charge in [-0.1, -0.05) is 18.6 Å². The molecule has 1 aromatic carbocycles. The molecule has 5 nitrogen and oxygen atoms in total. The van der Waals surface area contributed by atoms with Gasteiger partial charge in [0.05, 0.1) is 11.3 Å². The fourth-order valence-electron chi connectivity index (χ4n) is 2.21. The highest BCUT2D eigenvalue weighted by Crippen LogP contribution is 2.21. The minimum absolute atomic E-state index is 0. The predicted molar refractivity (Wildman–Crippen MR) is 86.0 cm³/mol. The minimum Gasteiger partial charge on any atom is -0.355 e. The average Bonchev–Trinajstić information content (AvgIpc) is 2.37. The van der Waals surface area contributed by atoms with Gasteiger partial charge in [-0.05, 0) is 38.1 Å². The van der Waals surface area contributed by atoms with Gasteiger partial charge in [0.2, 0.25) is 5.91 Å². The van der Waals surface area contributed by atoms with Gasteiger partial charge in [-0.25, -0.2) is 0 Å². The zero-order valence-electron chi connectivity index (χ0n) is 12.5. The van der Waals surface area contributed by atoms with E-state index in [1.807, 2.05) is 19.9 Å². The molecule has 0 radical (unpaired) electrons. The van der Waals surface area contributed by atoms with E-state index in [2.05, 4.69) is 16.0 Å². The molecule has 0 aliphatic carbocycles. The van der Waals surface area contributed by atoms with E-state index >= 15 is 0 Å². The van der Waals surface area contributed by atoms with Crippen molar-refractivity contribution in [3.63, 3.8) is 0 Å². The molecule has 0 aromatic heterocycles. The van der Waals surface area contributed by atoms with Crippen LogP contribution in [-0.2, 0) is 4.79 Å². The Hall–Kier alpha value is -1.59. The van der Waals surface area contributed by atoms with Gasteiger partial charge >= 0.3 is 0 Å². The Kier molecular flexibility index (Phi) is 6.18. The zero-order valence-corrected chi connectivity index (χ0v) is 13.3. The van der Waals surface area contributed by atoms with Crippen molar-refractivity contribution in [3.8, 4) is 0 Å². The third kappa shape index (κ3) is 3.95. The summed E-state index contributed by atoms with van der Waals surface area (Å²) in [6, 6.07) is 5.45. The number of anilines is 1. The number of halogens is 1. The summed E-state index contributed by atoms with van der Waals surface area (Å²) >= 11 is 0. The molecule has 116 valence electrons. The molecule has 2 rings (SSSR count). The molecule has 2 amide bonds. The van der Waals surface area contributed by atoms with E-state index in [0.717, 1.165) is 18.7 Å². The molecule has 1 saturated heterocycles. The highest BCUT2D eigenvalue weighted by Gasteiger charge is 2.29. The maximum Gasteiger partial charge on any atom is 0.253 e. The highest BCUT2D eigenvalue weighted by molar-refractivity contribution is 6.04. The topological polar surface area (TPSA) is 70.2 Å². The van der Waals surface area contributed by atoms with Crippen LogP contribution >= 0.6 is 12.4 Å². The summed E-state index contributed by atoms with van der Waals surface area (Å²) in [5.74, 6) is 0.0893. The van der Waals surface area contributed by atoms with E-state index < -0.39 is 0 Å². The molecule has 1 unspecified atom stereocenters. The lowest BCUT2D eigenvalue weighted by Gasteiger charge is -2.31. The number of carbonyl (C=O) groups excluding carboxylic acids is 2. The van der Waals surface area contributed by atoms with Gasteiger partial charge in [-0.3, -0.25) is 9.59 Å². The molecule has 1 atom stereocenters. The first kappa shape index (κ1) is 17.5. The van der Waals surface area contributed by atoms with Gasteiger partial charge in [0.25, 0.3) is 5.91 Å². The highest BCUT2D eigenvalue weighted by atomic mass is 35.5. The molecule has 0 spiro atoms.